The van der Waals surface area contributed by atoms with Crippen molar-refractivity contribution in [2.75, 3.05) is 6.54 Å². The normalized spacial score (nSPS) is 13.7. The van der Waals surface area contributed by atoms with Crippen molar-refractivity contribution in [3.63, 3.8) is 0 Å². The molecule has 4 nitrogen and oxygen atoms in total. The molecule has 0 aromatic heterocycles. The van der Waals surface area contributed by atoms with Crippen molar-refractivity contribution in [1.29, 1.82) is 0 Å². The lowest BCUT2D eigenvalue weighted by Crippen LogP contribution is -2.38. The molecule has 0 heterocycles. The number of hydrogen-bond donors (Lipinski definition) is 3. The molecule has 3 N–H and O–H groups in total. The van der Waals surface area contributed by atoms with Crippen molar-refractivity contribution in [1.82, 2.24) is 10.6 Å². The first-order valence-electron chi connectivity index (χ1n) is 6.61. The highest BCUT2D eigenvalue weighted by Gasteiger charge is 2.13. The fourth-order valence-electron chi connectivity index (χ4n) is 1.73. The van der Waals surface area contributed by atoms with Crippen LogP contribution in [-0.4, -0.2) is 23.8 Å². The molecule has 0 spiro atoms. The molecule has 2 amide bonds. The Morgan fingerprint density at radius 3 is 2.80 bits per heavy atom. The number of amides is 2. The third kappa shape index (κ3) is 5.35. The van der Waals surface area contributed by atoms with Gasteiger partial charge < -0.3 is 15.7 Å². The number of nitrogens with one attached hydrogen (secondary N) is 2. The number of carbonyl (C=O) groups excluding carboxylic acids is 1. The highest BCUT2D eigenvalue weighted by atomic mass is 35.5. The van der Waals surface area contributed by atoms with Gasteiger partial charge in [0.25, 0.3) is 0 Å². The number of carbonyl (C=O) groups is 1. The summed E-state index contributed by atoms with van der Waals surface area (Å²) in [6.07, 6.45) is 0.764. The van der Waals surface area contributed by atoms with Crippen LogP contribution in [0.25, 0.3) is 0 Å². The van der Waals surface area contributed by atoms with E-state index in [1.165, 1.54) is 12.1 Å². The van der Waals surface area contributed by atoms with Crippen molar-refractivity contribution in [3.8, 4) is 0 Å². The molecule has 6 heteroatoms. The molecule has 0 radical (unpaired) electrons. The van der Waals surface area contributed by atoms with Crippen LogP contribution in [0.2, 0.25) is 5.02 Å². The molecule has 0 saturated heterocycles. The molecular weight excluding hydrogens is 283 g/mol. The van der Waals surface area contributed by atoms with Crippen LogP contribution in [0.3, 0.4) is 0 Å². The van der Waals surface area contributed by atoms with Gasteiger partial charge in [0.2, 0.25) is 0 Å². The molecule has 1 aromatic rings. The van der Waals surface area contributed by atoms with Gasteiger partial charge in [0.1, 0.15) is 5.82 Å². The highest BCUT2D eigenvalue weighted by Crippen LogP contribution is 2.23. The second-order valence-electron chi connectivity index (χ2n) is 4.64. The number of halogens is 2. The van der Waals surface area contributed by atoms with Crippen LogP contribution in [0.5, 0.6) is 0 Å². The van der Waals surface area contributed by atoms with Gasteiger partial charge in [0, 0.05) is 11.6 Å². The SMILES string of the molecule is CCC(O)CCNC(=O)NC(C)c1ccc(F)cc1Cl. The average Bonchev–Trinajstić information content (AvgIpc) is 2.38. The first-order valence-corrected chi connectivity index (χ1v) is 6.99. The second-order valence-corrected chi connectivity index (χ2v) is 5.05. The van der Waals surface area contributed by atoms with Crippen LogP contribution in [0.15, 0.2) is 18.2 Å². The maximum Gasteiger partial charge on any atom is 0.315 e. The van der Waals surface area contributed by atoms with E-state index in [9.17, 15) is 14.3 Å². The smallest absolute Gasteiger partial charge is 0.315 e. The Kier molecular flexibility index (Phi) is 6.75. The van der Waals surface area contributed by atoms with E-state index in [1.54, 1.807) is 13.0 Å². The Labute approximate surface area is 123 Å². The van der Waals surface area contributed by atoms with Crippen LogP contribution in [-0.2, 0) is 0 Å². The lowest BCUT2D eigenvalue weighted by Gasteiger charge is -2.17. The first-order chi connectivity index (χ1) is 9.43. The third-order valence-electron chi connectivity index (χ3n) is 3.01. The highest BCUT2D eigenvalue weighted by molar-refractivity contribution is 6.31. The fourth-order valence-corrected chi connectivity index (χ4v) is 2.07. The van der Waals surface area contributed by atoms with Crippen molar-refractivity contribution < 1.29 is 14.3 Å². The lowest BCUT2D eigenvalue weighted by molar-refractivity contribution is 0.160. The van der Waals surface area contributed by atoms with E-state index >= 15 is 0 Å². The fraction of sp³-hybridized carbons (Fsp3) is 0.500. The maximum atomic E-state index is 12.9. The summed E-state index contributed by atoms with van der Waals surface area (Å²) in [5, 5.41) is 15.0. The Morgan fingerprint density at radius 1 is 1.50 bits per heavy atom. The number of aliphatic hydroxyl groups excluding tert-OH is 1. The molecule has 0 saturated carbocycles. The monoisotopic (exact) mass is 302 g/mol. The summed E-state index contributed by atoms with van der Waals surface area (Å²) in [6, 6.07) is 3.38. The number of aliphatic hydroxyl groups is 1. The summed E-state index contributed by atoms with van der Waals surface area (Å²) >= 11 is 5.93. The minimum absolute atomic E-state index is 0.277. The van der Waals surface area contributed by atoms with E-state index in [0.29, 0.717) is 24.9 Å². The van der Waals surface area contributed by atoms with Crippen LogP contribution in [0.4, 0.5) is 9.18 Å². The zero-order valence-electron chi connectivity index (χ0n) is 11.6. The Hall–Kier alpha value is -1.33. The van der Waals surface area contributed by atoms with E-state index < -0.39 is 11.9 Å². The molecule has 20 heavy (non-hydrogen) atoms. The standard InChI is InChI=1S/C14H20ClFN2O2/c1-3-11(19)6-7-17-14(20)18-9(2)12-5-4-10(16)8-13(12)15/h4-5,8-9,11,19H,3,6-7H2,1-2H3,(H2,17,18,20). The lowest BCUT2D eigenvalue weighted by atomic mass is 10.1. The second kappa shape index (κ2) is 8.07. The summed E-state index contributed by atoms with van der Waals surface area (Å²) < 4.78 is 12.9. The van der Waals surface area contributed by atoms with E-state index in [-0.39, 0.29) is 17.1 Å². The van der Waals surface area contributed by atoms with E-state index in [4.69, 9.17) is 11.6 Å². The van der Waals surface area contributed by atoms with Gasteiger partial charge >= 0.3 is 6.03 Å². The summed E-state index contributed by atoms with van der Waals surface area (Å²) in [6.45, 7) is 4.04. The predicted molar refractivity (Wildman–Crippen MR) is 77.3 cm³/mol. The van der Waals surface area contributed by atoms with Crippen LogP contribution in [0, 0.1) is 5.82 Å². The Morgan fingerprint density at radius 2 is 2.20 bits per heavy atom. The van der Waals surface area contributed by atoms with Gasteiger partial charge in [-0.3, -0.25) is 0 Å². The van der Waals surface area contributed by atoms with Gasteiger partial charge in [-0.1, -0.05) is 24.6 Å². The van der Waals surface area contributed by atoms with Gasteiger partial charge in [-0.15, -0.1) is 0 Å². The topological polar surface area (TPSA) is 61.4 Å². The van der Waals surface area contributed by atoms with Gasteiger partial charge in [-0.05, 0) is 37.5 Å². The summed E-state index contributed by atoms with van der Waals surface area (Å²) in [7, 11) is 0. The van der Waals surface area contributed by atoms with E-state index in [1.807, 2.05) is 6.92 Å². The van der Waals surface area contributed by atoms with Crippen molar-refractivity contribution in [2.45, 2.75) is 38.8 Å². The molecule has 0 fully saturated rings. The molecule has 0 aliphatic carbocycles. The molecule has 1 aromatic carbocycles. The molecule has 112 valence electrons. The number of benzene rings is 1. The molecule has 2 atom stereocenters. The molecule has 0 bridgehead atoms. The van der Waals surface area contributed by atoms with Crippen molar-refractivity contribution in [2.24, 2.45) is 0 Å². The van der Waals surface area contributed by atoms with Crippen molar-refractivity contribution in [3.05, 3.63) is 34.6 Å². The van der Waals surface area contributed by atoms with Gasteiger partial charge in [-0.2, -0.15) is 0 Å². The zero-order chi connectivity index (χ0) is 15.1. The minimum Gasteiger partial charge on any atom is -0.393 e. The quantitative estimate of drug-likeness (QED) is 0.756. The van der Waals surface area contributed by atoms with E-state index in [2.05, 4.69) is 10.6 Å². The molecule has 0 aliphatic rings. The Bertz CT molecular complexity index is 457. The van der Waals surface area contributed by atoms with Crippen LogP contribution in [0.1, 0.15) is 38.3 Å². The van der Waals surface area contributed by atoms with Gasteiger partial charge in [0.15, 0.2) is 0 Å². The Balaban J connectivity index is 2.45. The summed E-state index contributed by atoms with van der Waals surface area (Å²) in [4.78, 5) is 11.7. The number of rotatable bonds is 6. The largest absolute Gasteiger partial charge is 0.393 e. The maximum absolute atomic E-state index is 12.9. The summed E-state index contributed by atoms with van der Waals surface area (Å²) in [5.41, 5.74) is 0.650. The van der Waals surface area contributed by atoms with Crippen molar-refractivity contribution >= 4 is 17.6 Å². The number of urea groups is 1. The molecule has 2 unspecified atom stereocenters. The molecule has 0 aliphatic heterocycles. The van der Waals surface area contributed by atoms with Crippen LogP contribution >= 0.6 is 11.6 Å². The number of hydrogen-bond acceptors (Lipinski definition) is 2. The zero-order valence-corrected chi connectivity index (χ0v) is 12.4. The minimum atomic E-state index is -0.413. The predicted octanol–water partition coefficient (Wildman–Crippen LogP) is 3.00. The molecule has 1 rings (SSSR count). The average molecular weight is 303 g/mol. The van der Waals surface area contributed by atoms with E-state index in [0.717, 1.165) is 0 Å². The third-order valence-corrected chi connectivity index (χ3v) is 3.34. The van der Waals surface area contributed by atoms with Gasteiger partial charge in [-0.25, -0.2) is 9.18 Å². The summed E-state index contributed by atoms with van der Waals surface area (Å²) in [5.74, 6) is -0.413. The first kappa shape index (κ1) is 16.7. The molecular formula is C14H20ClFN2O2. The van der Waals surface area contributed by atoms with Crippen LogP contribution < -0.4 is 10.6 Å². The van der Waals surface area contributed by atoms with Gasteiger partial charge in [0.05, 0.1) is 12.1 Å².